The van der Waals surface area contributed by atoms with E-state index in [2.05, 4.69) is 82.2 Å². The van der Waals surface area contributed by atoms with Crippen LogP contribution in [0.5, 0.6) is 0 Å². The van der Waals surface area contributed by atoms with Crippen molar-refractivity contribution < 1.29 is 4.39 Å². The number of nitrogens with zero attached hydrogens (tertiary/aromatic N) is 2. The average Bonchev–Trinajstić information content (AvgIpc) is 3.34. The largest absolute Gasteiger partial charge is 0.383 e. The zero-order chi connectivity index (χ0) is 27.8. The quantitative estimate of drug-likeness (QED) is 0.143. The van der Waals surface area contributed by atoms with Crippen LogP contribution in [-0.2, 0) is 19.6 Å². The summed E-state index contributed by atoms with van der Waals surface area (Å²) in [4.78, 5) is 6.57. The van der Waals surface area contributed by atoms with Gasteiger partial charge in [0, 0.05) is 43.1 Å². The van der Waals surface area contributed by atoms with E-state index in [1.807, 2.05) is 25.1 Å². The molecule has 7 heteroatoms. The molecule has 4 rings (SSSR count). The molecule has 0 aliphatic carbocycles. The van der Waals surface area contributed by atoms with E-state index in [-0.39, 0.29) is 23.9 Å². The van der Waals surface area contributed by atoms with Crippen LogP contribution in [0.2, 0.25) is 0 Å². The van der Waals surface area contributed by atoms with Gasteiger partial charge in [-0.15, -0.1) is 0 Å². The van der Waals surface area contributed by atoms with Gasteiger partial charge in [0.25, 0.3) is 0 Å². The van der Waals surface area contributed by atoms with Gasteiger partial charge < -0.3 is 22.1 Å². The number of nitrogens with two attached hydrogens (primary N) is 2. The molecule has 6 nitrogen and oxygen atoms in total. The van der Waals surface area contributed by atoms with Crippen LogP contribution < -0.4 is 22.1 Å². The lowest BCUT2D eigenvalue weighted by molar-refractivity contribution is 0.218. The first kappa shape index (κ1) is 27.9. The zero-order valence-electron chi connectivity index (χ0n) is 22.7. The molecule has 1 heterocycles. The Balaban J connectivity index is 1.51. The highest BCUT2D eigenvalue weighted by Crippen LogP contribution is 2.35. The standard InChI is InChI=1S/C32H39FN6/c1-22-15-16-26(29(33)18-22)19-37-23(2)30(14-9-17-36-32(34)35)38-24(3)31(25-10-5-4-6-11-25)39-20-27-12-7-8-13-28(27)21-39/h4-8,10-13,15-16,18,30-31,37-38H,2-3,9,14,17,19-21H2,1H3,(H4,34,35,36). The Morgan fingerprint density at radius 3 is 2.28 bits per heavy atom. The van der Waals surface area contributed by atoms with E-state index in [0.717, 1.165) is 42.9 Å². The van der Waals surface area contributed by atoms with E-state index >= 15 is 0 Å². The summed E-state index contributed by atoms with van der Waals surface area (Å²) in [5.74, 6) is -0.150. The predicted octanol–water partition coefficient (Wildman–Crippen LogP) is 5.02. The van der Waals surface area contributed by atoms with Gasteiger partial charge in [-0.05, 0) is 48.1 Å². The molecule has 0 aromatic heterocycles. The van der Waals surface area contributed by atoms with Gasteiger partial charge in [-0.1, -0.05) is 79.9 Å². The van der Waals surface area contributed by atoms with Gasteiger partial charge in [0.1, 0.15) is 5.82 Å². The molecule has 0 bridgehead atoms. The van der Waals surface area contributed by atoms with E-state index in [9.17, 15) is 4.39 Å². The van der Waals surface area contributed by atoms with E-state index in [1.54, 1.807) is 6.07 Å². The van der Waals surface area contributed by atoms with E-state index in [0.29, 0.717) is 18.7 Å². The lowest BCUT2D eigenvalue weighted by atomic mass is 10.0. The van der Waals surface area contributed by atoms with Crippen LogP contribution in [0.25, 0.3) is 0 Å². The third-order valence-electron chi connectivity index (χ3n) is 7.12. The molecule has 0 spiro atoms. The van der Waals surface area contributed by atoms with Crippen LogP contribution in [0.15, 0.2) is 102 Å². The van der Waals surface area contributed by atoms with Crippen LogP contribution in [0.4, 0.5) is 4.39 Å². The van der Waals surface area contributed by atoms with Crippen molar-refractivity contribution in [3.63, 3.8) is 0 Å². The fraction of sp³-hybridized carbons (Fsp3) is 0.281. The van der Waals surface area contributed by atoms with Gasteiger partial charge >= 0.3 is 0 Å². The minimum absolute atomic E-state index is 0.0406. The lowest BCUT2D eigenvalue weighted by Gasteiger charge is -2.33. The molecule has 6 N–H and O–H groups in total. The summed E-state index contributed by atoms with van der Waals surface area (Å²) in [6, 6.07) is 24.0. The van der Waals surface area contributed by atoms with Crippen molar-refractivity contribution in [3.05, 3.63) is 131 Å². The molecular weight excluding hydrogens is 487 g/mol. The highest BCUT2D eigenvalue weighted by atomic mass is 19.1. The smallest absolute Gasteiger partial charge is 0.185 e. The summed E-state index contributed by atoms with van der Waals surface area (Å²) >= 11 is 0. The lowest BCUT2D eigenvalue weighted by Crippen LogP contribution is -2.39. The first-order valence-corrected chi connectivity index (χ1v) is 13.4. The molecule has 0 saturated heterocycles. The molecule has 0 radical (unpaired) electrons. The highest BCUT2D eigenvalue weighted by molar-refractivity contribution is 5.75. The molecule has 1 aliphatic rings. The maximum Gasteiger partial charge on any atom is 0.185 e. The molecule has 204 valence electrons. The Labute approximate surface area is 231 Å². The Hall–Kier alpha value is -4.10. The van der Waals surface area contributed by atoms with Gasteiger partial charge in [0.05, 0.1) is 12.1 Å². The number of rotatable bonds is 13. The topological polar surface area (TPSA) is 91.7 Å². The molecule has 39 heavy (non-hydrogen) atoms. The summed E-state index contributed by atoms with van der Waals surface area (Å²) in [7, 11) is 0. The first-order chi connectivity index (χ1) is 18.8. The molecule has 3 aromatic carbocycles. The second-order valence-corrected chi connectivity index (χ2v) is 10.1. The first-order valence-electron chi connectivity index (χ1n) is 13.4. The van der Waals surface area contributed by atoms with Gasteiger partial charge in [0.15, 0.2) is 5.96 Å². The fourth-order valence-electron chi connectivity index (χ4n) is 5.08. The highest BCUT2D eigenvalue weighted by Gasteiger charge is 2.30. The van der Waals surface area contributed by atoms with Gasteiger partial charge in [-0.3, -0.25) is 9.89 Å². The number of aryl methyl sites for hydroxylation is 1. The van der Waals surface area contributed by atoms with Crippen LogP contribution >= 0.6 is 0 Å². The molecule has 3 aromatic rings. The number of hydrogen-bond donors (Lipinski definition) is 4. The second kappa shape index (κ2) is 13.1. The second-order valence-electron chi connectivity index (χ2n) is 10.1. The summed E-state index contributed by atoms with van der Waals surface area (Å²) in [5.41, 5.74) is 18.0. The van der Waals surface area contributed by atoms with E-state index in [1.165, 1.54) is 16.7 Å². The number of aliphatic imine (C=N–C) groups is 1. The SMILES string of the molecule is C=C(NCc1ccc(C)cc1F)C(CCCN=C(N)N)NC(=C)C(c1ccccc1)N1Cc2ccccc2C1. The number of nitrogens with one attached hydrogen (secondary N) is 2. The average molecular weight is 527 g/mol. The van der Waals surface area contributed by atoms with Crippen LogP contribution in [-0.4, -0.2) is 23.4 Å². The van der Waals surface area contributed by atoms with Crippen molar-refractivity contribution in [3.8, 4) is 0 Å². The zero-order valence-corrected chi connectivity index (χ0v) is 22.7. The normalized spacial score (nSPS) is 14.2. The Kier molecular flexibility index (Phi) is 9.39. The molecule has 1 aliphatic heterocycles. The Morgan fingerprint density at radius 1 is 0.974 bits per heavy atom. The minimum atomic E-state index is -0.227. The summed E-state index contributed by atoms with van der Waals surface area (Å²) in [6.07, 6.45) is 1.47. The van der Waals surface area contributed by atoms with Crippen LogP contribution in [0, 0.1) is 12.7 Å². The molecule has 0 amide bonds. The number of benzene rings is 3. The molecule has 0 fully saturated rings. The number of guanidine groups is 1. The fourth-order valence-corrected chi connectivity index (χ4v) is 5.08. The predicted molar refractivity (Wildman–Crippen MR) is 158 cm³/mol. The molecule has 2 unspecified atom stereocenters. The van der Waals surface area contributed by atoms with E-state index in [4.69, 9.17) is 11.5 Å². The third-order valence-corrected chi connectivity index (χ3v) is 7.12. The number of fused-ring (bicyclic) bond motifs is 1. The van der Waals surface area contributed by atoms with Crippen molar-refractivity contribution in [1.82, 2.24) is 15.5 Å². The summed E-state index contributed by atoms with van der Waals surface area (Å²) in [6.45, 7) is 13.2. The maximum absolute atomic E-state index is 14.5. The van der Waals surface area contributed by atoms with Gasteiger partial charge in [-0.2, -0.15) is 0 Å². The molecule has 2 atom stereocenters. The maximum atomic E-state index is 14.5. The monoisotopic (exact) mass is 526 g/mol. The molecular formula is C32H39FN6. The summed E-state index contributed by atoms with van der Waals surface area (Å²) < 4.78 is 14.5. The summed E-state index contributed by atoms with van der Waals surface area (Å²) in [5, 5.41) is 7.00. The Bertz CT molecular complexity index is 1290. The number of halogens is 1. The van der Waals surface area contributed by atoms with Crippen LogP contribution in [0.3, 0.4) is 0 Å². The van der Waals surface area contributed by atoms with Crippen LogP contribution in [0.1, 0.15) is 46.7 Å². The third kappa shape index (κ3) is 7.48. The number of hydrogen-bond acceptors (Lipinski definition) is 4. The van der Waals surface area contributed by atoms with Gasteiger partial charge in [-0.25, -0.2) is 4.39 Å². The Morgan fingerprint density at radius 2 is 1.64 bits per heavy atom. The van der Waals surface area contributed by atoms with Gasteiger partial charge in [0.2, 0.25) is 0 Å². The van der Waals surface area contributed by atoms with Crippen molar-refractivity contribution in [2.75, 3.05) is 6.54 Å². The van der Waals surface area contributed by atoms with Crippen molar-refractivity contribution >= 4 is 5.96 Å². The van der Waals surface area contributed by atoms with E-state index < -0.39 is 0 Å². The van der Waals surface area contributed by atoms with Crippen molar-refractivity contribution in [1.29, 1.82) is 0 Å². The van der Waals surface area contributed by atoms with Crippen molar-refractivity contribution in [2.45, 2.75) is 51.5 Å². The molecule has 0 saturated carbocycles. The minimum Gasteiger partial charge on any atom is -0.383 e. The van der Waals surface area contributed by atoms with Crippen molar-refractivity contribution in [2.24, 2.45) is 16.5 Å².